The summed E-state index contributed by atoms with van der Waals surface area (Å²) in [6.45, 7) is 7.51. The van der Waals surface area contributed by atoms with Gasteiger partial charge in [-0.25, -0.2) is 4.79 Å². The van der Waals surface area contributed by atoms with Gasteiger partial charge in [0.05, 0.1) is 7.11 Å². The highest BCUT2D eigenvalue weighted by molar-refractivity contribution is 5.64. The average molecular weight is 297 g/mol. The number of allylic oxidation sites excluding steroid dienone is 2. The zero-order valence-corrected chi connectivity index (χ0v) is 13.1. The number of aryl methyl sites for hydroxylation is 1. The van der Waals surface area contributed by atoms with E-state index in [4.69, 9.17) is 9.15 Å². The zero-order chi connectivity index (χ0) is 16.1. The summed E-state index contributed by atoms with van der Waals surface area (Å²) in [5, 5.41) is 0. The van der Waals surface area contributed by atoms with Gasteiger partial charge in [-0.05, 0) is 43.2 Å². The fraction of sp³-hybridized carbons (Fsp3) is 0.222. The monoisotopic (exact) mass is 297 g/mol. The summed E-state index contributed by atoms with van der Waals surface area (Å²) < 4.78 is 10.7. The van der Waals surface area contributed by atoms with Crippen molar-refractivity contribution in [1.82, 2.24) is 4.98 Å². The number of ether oxygens (including phenoxy) is 1. The van der Waals surface area contributed by atoms with Crippen LogP contribution in [-0.2, 0) is 11.2 Å². The first-order chi connectivity index (χ1) is 10.5. The van der Waals surface area contributed by atoms with E-state index in [1.54, 1.807) is 18.5 Å². The highest BCUT2D eigenvalue weighted by atomic mass is 16.5. The molecular weight excluding hydrogens is 278 g/mol. The summed E-state index contributed by atoms with van der Waals surface area (Å²) in [4.78, 5) is 16.4. The average Bonchev–Trinajstić information content (AvgIpc) is 2.46. The highest BCUT2D eigenvalue weighted by Gasteiger charge is 2.14. The molecule has 2 heterocycles. The molecule has 0 spiro atoms. The molecule has 0 saturated carbocycles. The molecule has 4 nitrogen and oxygen atoms in total. The molecule has 4 heteroatoms. The summed E-state index contributed by atoms with van der Waals surface area (Å²) in [5.74, 6) is 1.07. The van der Waals surface area contributed by atoms with Gasteiger partial charge in [-0.3, -0.25) is 4.98 Å². The van der Waals surface area contributed by atoms with Gasteiger partial charge >= 0.3 is 5.63 Å². The normalized spacial score (nSPS) is 11.3. The molecule has 0 bridgehead atoms. The van der Waals surface area contributed by atoms with Crippen molar-refractivity contribution in [3.05, 3.63) is 81.7 Å². The van der Waals surface area contributed by atoms with Crippen LogP contribution in [0.2, 0.25) is 0 Å². The Morgan fingerprint density at radius 2 is 2.27 bits per heavy atom. The quantitative estimate of drug-likeness (QED) is 0.626. The molecule has 0 amide bonds. The van der Waals surface area contributed by atoms with Crippen LogP contribution in [0.1, 0.15) is 29.4 Å². The second-order valence-electron chi connectivity index (χ2n) is 5.16. The van der Waals surface area contributed by atoms with Crippen molar-refractivity contribution in [2.45, 2.75) is 20.3 Å². The third-order valence-electron chi connectivity index (χ3n) is 3.14. The van der Waals surface area contributed by atoms with Crippen LogP contribution in [0.5, 0.6) is 0 Å². The number of aromatic nitrogens is 1. The van der Waals surface area contributed by atoms with Crippen molar-refractivity contribution in [3.8, 4) is 0 Å². The predicted molar refractivity (Wildman–Crippen MR) is 86.6 cm³/mol. The minimum atomic E-state index is -0.409. The Kier molecular flexibility index (Phi) is 4.94. The van der Waals surface area contributed by atoms with Crippen LogP contribution in [0.15, 0.2) is 58.0 Å². The largest absolute Gasteiger partial charge is 0.496 e. The molecule has 0 N–H and O–H groups in total. The van der Waals surface area contributed by atoms with E-state index in [0.29, 0.717) is 23.5 Å². The number of pyridine rings is 1. The molecule has 0 radical (unpaired) electrons. The lowest BCUT2D eigenvalue weighted by Gasteiger charge is -2.10. The van der Waals surface area contributed by atoms with Gasteiger partial charge in [-0.2, -0.15) is 0 Å². The fourth-order valence-corrected chi connectivity index (χ4v) is 2.22. The predicted octanol–water partition coefficient (Wildman–Crippen LogP) is 3.50. The summed E-state index contributed by atoms with van der Waals surface area (Å²) >= 11 is 0. The van der Waals surface area contributed by atoms with E-state index in [9.17, 15) is 4.79 Å². The van der Waals surface area contributed by atoms with Gasteiger partial charge in [-0.15, -0.1) is 0 Å². The van der Waals surface area contributed by atoms with Crippen LogP contribution in [0, 0.1) is 6.92 Å². The van der Waals surface area contributed by atoms with E-state index in [1.165, 1.54) is 7.11 Å². The van der Waals surface area contributed by atoms with Gasteiger partial charge in [0.25, 0.3) is 0 Å². The lowest BCUT2D eigenvalue weighted by Crippen LogP contribution is -2.12. The molecule has 0 aromatic carbocycles. The Morgan fingerprint density at radius 3 is 2.82 bits per heavy atom. The second-order valence-corrected chi connectivity index (χ2v) is 5.16. The van der Waals surface area contributed by atoms with Crippen LogP contribution in [-0.4, -0.2) is 12.1 Å². The third kappa shape index (κ3) is 3.73. The van der Waals surface area contributed by atoms with Gasteiger partial charge in [0, 0.05) is 18.8 Å². The molecule has 0 fully saturated rings. The first kappa shape index (κ1) is 15.8. The van der Waals surface area contributed by atoms with Crippen LogP contribution in [0.4, 0.5) is 0 Å². The van der Waals surface area contributed by atoms with Gasteiger partial charge in [0.2, 0.25) is 0 Å². The Balaban J connectivity index is 2.41. The van der Waals surface area contributed by atoms with Crippen molar-refractivity contribution >= 4 is 5.76 Å². The number of nitrogens with zero attached hydrogens (tertiary/aromatic N) is 1. The molecule has 2 aromatic heterocycles. The van der Waals surface area contributed by atoms with Crippen molar-refractivity contribution in [1.29, 1.82) is 0 Å². The summed E-state index contributed by atoms with van der Waals surface area (Å²) in [5.41, 5.74) is 2.62. The number of hydrogen-bond acceptors (Lipinski definition) is 4. The summed E-state index contributed by atoms with van der Waals surface area (Å²) in [6.07, 6.45) is 5.71. The van der Waals surface area contributed by atoms with Crippen LogP contribution in [0.3, 0.4) is 0 Å². The van der Waals surface area contributed by atoms with Crippen LogP contribution < -0.4 is 5.63 Å². The lowest BCUT2D eigenvalue weighted by molar-refractivity contribution is 0.364. The van der Waals surface area contributed by atoms with Gasteiger partial charge in [0.1, 0.15) is 17.1 Å². The molecule has 0 aliphatic rings. The Labute approximate surface area is 129 Å². The molecule has 0 aliphatic heterocycles. The van der Waals surface area contributed by atoms with Crippen molar-refractivity contribution in [3.63, 3.8) is 0 Å². The maximum atomic E-state index is 12.3. The molecule has 2 aromatic rings. The SMILES string of the molecule is C=C(C)C=C(OC)c1c(C)cc(Cc2cccnc2)oc1=O. The number of methoxy groups -OCH3 is 1. The number of hydrogen-bond donors (Lipinski definition) is 0. The molecule has 0 atom stereocenters. The van der Waals surface area contributed by atoms with Crippen LogP contribution >= 0.6 is 0 Å². The minimum absolute atomic E-state index is 0.409. The number of rotatable bonds is 5. The second kappa shape index (κ2) is 6.89. The zero-order valence-electron chi connectivity index (χ0n) is 13.1. The standard InChI is InChI=1S/C18H19NO3/c1-12(2)8-16(21-4)17-13(3)9-15(22-18(17)20)10-14-6-5-7-19-11-14/h5-9,11H,1,10H2,2-4H3. The van der Waals surface area contributed by atoms with E-state index in [-0.39, 0.29) is 0 Å². The Morgan fingerprint density at radius 1 is 1.50 bits per heavy atom. The molecule has 2 rings (SSSR count). The first-order valence-corrected chi connectivity index (χ1v) is 6.95. The summed E-state index contributed by atoms with van der Waals surface area (Å²) in [7, 11) is 1.53. The van der Waals surface area contributed by atoms with E-state index in [0.717, 1.165) is 16.7 Å². The van der Waals surface area contributed by atoms with Gasteiger partial charge < -0.3 is 9.15 Å². The minimum Gasteiger partial charge on any atom is -0.496 e. The molecule has 0 unspecified atom stereocenters. The Hall–Kier alpha value is -2.62. The molecule has 0 saturated heterocycles. The maximum Gasteiger partial charge on any atom is 0.347 e. The van der Waals surface area contributed by atoms with E-state index < -0.39 is 5.63 Å². The molecule has 22 heavy (non-hydrogen) atoms. The maximum absolute atomic E-state index is 12.3. The molecular formula is C18H19NO3. The molecule has 114 valence electrons. The molecule has 0 aliphatic carbocycles. The van der Waals surface area contributed by atoms with Crippen LogP contribution in [0.25, 0.3) is 5.76 Å². The van der Waals surface area contributed by atoms with E-state index in [1.807, 2.05) is 32.0 Å². The first-order valence-electron chi connectivity index (χ1n) is 6.95. The van der Waals surface area contributed by atoms with E-state index in [2.05, 4.69) is 11.6 Å². The third-order valence-corrected chi connectivity index (χ3v) is 3.14. The van der Waals surface area contributed by atoms with Gasteiger partial charge in [0.15, 0.2) is 0 Å². The van der Waals surface area contributed by atoms with E-state index >= 15 is 0 Å². The van der Waals surface area contributed by atoms with Crippen molar-refractivity contribution < 1.29 is 9.15 Å². The smallest absolute Gasteiger partial charge is 0.347 e. The summed E-state index contributed by atoms with van der Waals surface area (Å²) in [6, 6.07) is 5.65. The lowest BCUT2D eigenvalue weighted by atomic mass is 10.1. The van der Waals surface area contributed by atoms with Crippen molar-refractivity contribution in [2.75, 3.05) is 7.11 Å². The highest BCUT2D eigenvalue weighted by Crippen LogP contribution is 2.19. The van der Waals surface area contributed by atoms with Gasteiger partial charge in [-0.1, -0.05) is 18.2 Å². The fourth-order valence-electron chi connectivity index (χ4n) is 2.22. The Bertz CT molecular complexity index is 758. The van der Waals surface area contributed by atoms with Crippen molar-refractivity contribution in [2.24, 2.45) is 0 Å². The topological polar surface area (TPSA) is 52.3 Å².